The van der Waals surface area contributed by atoms with Gasteiger partial charge in [-0.15, -0.1) is 0 Å². The van der Waals surface area contributed by atoms with E-state index in [0.717, 1.165) is 26.2 Å². The Hall–Kier alpha value is -0.910. The van der Waals surface area contributed by atoms with Crippen molar-refractivity contribution in [1.82, 2.24) is 20.0 Å². The first-order valence-electron chi connectivity index (χ1n) is 9.75. The van der Waals surface area contributed by atoms with Crippen molar-refractivity contribution < 1.29 is 4.74 Å². The third-order valence-electron chi connectivity index (χ3n) is 5.06. The minimum Gasteiger partial charge on any atom is -0.378 e. The molecule has 1 aromatic rings. The molecule has 1 heterocycles. The summed E-state index contributed by atoms with van der Waals surface area (Å²) < 4.78 is 8.24. The van der Waals surface area contributed by atoms with Crippen LogP contribution in [0.5, 0.6) is 0 Å². The van der Waals surface area contributed by atoms with Gasteiger partial charge in [0.25, 0.3) is 0 Å². The predicted molar refractivity (Wildman–Crippen MR) is 104 cm³/mol. The molecule has 0 aliphatic heterocycles. The summed E-state index contributed by atoms with van der Waals surface area (Å²) in [6.07, 6.45) is 7.25. The summed E-state index contributed by atoms with van der Waals surface area (Å²) in [4.78, 5) is 2.37. The lowest BCUT2D eigenvalue weighted by atomic mass is 9.83. The van der Waals surface area contributed by atoms with E-state index >= 15 is 0 Å². The fraction of sp³-hybridized carbons (Fsp3) is 0.850. The van der Waals surface area contributed by atoms with Crippen LogP contribution in [0, 0.1) is 5.41 Å². The molecule has 0 spiro atoms. The van der Waals surface area contributed by atoms with Crippen LogP contribution in [0.3, 0.4) is 0 Å². The molecule has 5 nitrogen and oxygen atoms in total. The van der Waals surface area contributed by atoms with Crippen molar-refractivity contribution >= 4 is 0 Å². The van der Waals surface area contributed by atoms with Gasteiger partial charge in [0.2, 0.25) is 0 Å². The van der Waals surface area contributed by atoms with Crippen LogP contribution in [0.2, 0.25) is 0 Å². The van der Waals surface area contributed by atoms with Gasteiger partial charge < -0.3 is 15.0 Å². The lowest BCUT2D eigenvalue weighted by molar-refractivity contribution is -0.0126. The lowest BCUT2D eigenvalue weighted by Crippen LogP contribution is -2.28. The second-order valence-electron chi connectivity index (χ2n) is 8.87. The molecule has 144 valence electrons. The molecule has 1 aromatic heterocycles. The summed E-state index contributed by atoms with van der Waals surface area (Å²) >= 11 is 0. The van der Waals surface area contributed by atoms with Gasteiger partial charge in [-0.1, -0.05) is 20.8 Å². The number of hydrogen-bond acceptors (Lipinski definition) is 4. The Morgan fingerprint density at radius 1 is 1.28 bits per heavy atom. The Bertz CT molecular complexity index is 512. The standard InChI is InChI=1S/C20H38N4O/c1-20(2,3)15-25-18-9-7-16(8-10-18)19-17(13-22-24(19)6)14-23(5)12-11-21-4/h13,16,18,21H,7-12,14-15H2,1-6H3/t16-,18+. The Morgan fingerprint density at radius 2 is 1.96 bits per heavy atom. The summed E-state index contributed by atoms with van der Waals surface area (Å²) in [7, 11) is 6.28. The molecule has 25 heavy (non-hydrogen) atoms. The maximum Gasteiger partial charge on any atom is 0.0575 e. The Morgan fingerprint density at radius 3 is 2.56 bits per heavy atom. The number of nitrogens with one attached hydrogen (secondary N) is 1. The summed E-state index contributed by atoms with van der Waals surface area (Å²) in [5.74, 6) is 0.620. The van der Waals surface area contributed by atoms with Gasteiger partial charge in [-0.05, 0) is 45.2 Å². The van der Waals surface area contributed by atoms with E-state index in [-0.39, 0.29) is 5.41 Å². The van der Waals surface area contributed by atoms with E-state index in [1.54, 1.807) is 0 Å². The highest BCUT2D eigenvalue weighted by Gasteiger charge is 2.28. The van der Waals surface area contributed by atoms with E-state index in [2.05, 4.69) is 61.1 Å². The molecule has 1 aliphatic carbocycles. The average Bonchev–Trinajstić information content (AvgIpc) is 2.91. The maximum atomic E-state index is 6.14. The number of hydrogen-bond donors (Lipinski definition) is 1. The van der Waals surface area contributed by atoms with E-state index in [0.29, 0.717) is 12.0 Å². The smallest absolute Gasteiger partial charge is 0.0575 e. The van der Waals surface area contributed by atoms with Crippen LogP contribution in [0.4, 0.5) is 0 Å². The first-order chi connectivity index (χ1) is 11.8. The first kappa shape index (κ1) is 20.4. The van der Waals surface area contributed by atoms with Crippen molar-refractivity contribution in [2.24, 2.45) is 12.5 Å². The van der Waals surface area contributed by atoms with Crippen molar-refractivity contribution in [2.45, 2.75) is 65.0 Å². The molecule has 0 amide bonds. The lowest BCUT2D eigenvalue weighted by Gasteiger charge is -2.31. The minimum absolute atomic E-state index is 0.254. The third kappa shape index (κ3) is 6.39. The van der Waals surface area contributed by atoms with Gasteiger partial charge in [0, 0.05) is 43.9 Å². The van der Waals surface area contributed by atoms with Gasteiger partial charge in [-0.2, -0.15) is 5.10 Å². The monoisotopic (exact) mass is 350 g/mol. The molecule has 0 unspecified atom stereocenters. The number of aromatic nitrogens is 2. The molecule has 5 heteroatoms. The average molecular weight is 351 g/mol. The molecular weight excluding hydrogens is 312 g/mol. The number of ether oxygens (including phenoxy) is 1. The molecule has 0 saturated heterocycles. The summed E-state index contributed by atoms with van der Waals surface area (Å²) in [5.41, 5.74) is 3.08. The topological polar surface area (TPSA) is 42.3 Å². The van der Waals surface area contributed by atoms with Gasteiger partial charge in [0.15, 0.2) is 0 Å². The number of rotatable bonds is 8. The SMILES string of the molecule is CNCCN(C)Cc1cnn(C)c1[C@H]1CC[C@@H](OCC(C)(C)C)CC1. The van der Waals surface area contributed by atoms with E-state index in [4.69, 9.17) is 4.74 Å². The predicted octanol–water partition coefficient (Wildman–Crippen LogP) is 3.16. The van der Waals surface area contributed by atoms with Gasteiger partial charge in [0.1, 0.15) is 0 Å². The van der Waals surface area contributed by atoms with Gasteiger partial charge in [-0.25, -0.2) is 0 Å². The molecule has 0 aromatic carbocycles. The maximum absolute atomic E-state index is 6.14. The molecule has 1 saturated carbocycles. The number of aryl methyl sites for hydroxylation is 1. The minimum atomic E-state index is 0.254. The van der Waals surface area contributed by atoms with Crippen LogP contribution in [0.25, 0.3) is 0 Å². The largest absolute Gasteiger partial charge is 0.378 e. The highest BCUT2D eigenvalue weighted by atomic mass is 16.5. The van der Waals surface area contributed by atoms with Gasteiger partial charge >= 0.3 is 0 Å². The zero-order valence-corrected chi connectivity index (χ0v) is 17.1. The van der Waals surface area contributed by atoms with Crippen LogP contribution < -0.4 is 5.32 Å². The van der Waals surface area contributed by atoms with Crippen molar-refractivity contribution in [3.8, 4) is 0 Å². The van der Waals surface area contributed by atoms with E-state index in [1.807, 2.05) is 7.05 Å². The molecule has 1 fully saturated rings. The van der Waals surface area contributed by atoms with Crippen molar-refractivity contribution in [3.63, 3.8) is 0 Å². The van der Waals surface area contributed by atoms with Gasteiger partial charge in [0.05, 0.1) is 18.9 Å². The van der Waals surface area contributed by atoms with E-state index in [1.165, 1.54) is 36.9 Å². The second-order valence-corrected chi connectivity index (χ2v) is 8.87. The van der Waals surface area contributed by atoms with Gasteiger partial charge in [-0.3, -0.25) is 4.68 Å². The van der Waals surface area contributed by atoms with E-state index < -0.39 is 0 Å². The van der Waals surface area contributed by atoms with E-state index in [9.17, 15) is 0 Å². The number of likely N-dealkylation sites (N-methyl/N-ethyl adjacent to an activating group) is 2. The van der Waals surface area contributed by atoms with Crippen LogP contribution in [0.15, 0.2) is 6.20 Å². The molecular formula is C20H38N4O. The third-order valence-corrected chi connectivity index (χ3v) is 5.06. The first-order valence-corrected chi connectivity index (χ1v) is 9.75. The zero-order chi connectivity index (χ0) is 18.4. The summed E-state index contributed by atoms with van der Waals surface area (Å²) in [6.45, 7) is 10.6. The Balaban J connectivity index is 1.91. The van der Waals surface area contributed by atoms with Crippen LogP contribution in [-0.2, 0) is 18.3 Å². The second kappa shape index (κ2) is 9.15. The highest BCUT2D eigenvalue weighted by Crippen LogP contribution is 2.36. The van der Waals surface area contributed by atoms with Crippen molar-refractivity contribution in [2.75, 3.05) is 33.8 Å². The normalized spacial score (nSPS) is 21.9. The van der Waals surface area contributed by atoms with Crippen LogP contribution >= 0.6 is 0 Å². The van der Waals surface area contributed by atoms with Crippen LogP contribution in [-0.4, -0.2) is 54.6 Å². The highest BCUT2D eigenvalue weighted by molar-refractivity contribution is 5.22. The Kier molecular flexibility index (Phi) is 7.47. The molecule has 1 aliphatic rings. The quantitative estimate of drug-likeness (QED) is 0.782. The molecule has 0 radical (unpaired) electrons. The summed E-state index contributed by atoms with van der Waals surface area (Å²) in [5, 5.41) is 7.77. The fourth-order valence-corrected chi connectivity index (χ4v) is 3.68. The molecule has 0 atom stereocenters. The molecule has 2 rings (SSSR count). The zero-order valence-electron chi connectivity index (χ0n) is 17.1. The Labute approximate surface area is 154 Å². The van der Waals surface area contributed by atoms with Crippen molar-refractivity contribution in [3.05, 3.63) is 17.5 Å². The molecule has 1 N–H and O–H groups in total. The number of nitrogens with zero attached hydrogens (tertiary/aromatic N) is 3. The van der Waals surface area contributed by atoms with Crippen molar-refractivity contribution in [1.29, 1.82) is 0 Å². The molecule has 0 bridgehead atoms. The fourth-order valence-electron chi connectivity index (χ4n) is 3.68. The van der Waals surface area contributed by atoms with Crippen LogP contribution in [0.1, 0.15) is 63.6 Å². The summed E-state index contributed by atoms with van der Waals surface area (Å²) in [6, 6.07) is 0.